The van der Waals surface area contributed by atoms with Crippen LogP contribution in [-0.2, 0) is 25.7 Å². The Labute approximate surface area is 227 Å². The fourth-order valence-corrected chi connectivity index (χ4v) is 5.82. The highest BCUT2D eigenvalue weighted by atomic mass is 16.6. The van der Waals surface area contributed by atoms with Crippen LogP contribution < -0.4 is 0 Å². The van der Waals surface area contributed by atoms with Gasteiger partial charge in [0.15, 0.2) is 0 Å². The quantitative estimate of drug-likeness (QED) is 0.513. The molecule has 3 aliphatic heterocycles. The zero-order chi connectivity index (χ0) is 27.1. The van der Waals surface area contributed by atoms with E-state index in [-0.39, 0.29) is 29.8 Å². The summed E-state index contributed by atoms with van der Waals surface area (Å²) in [5.41, 5.74) is 0.534. The van der Waals surface area contributed by atoms with Crippen LogP contribution in [0.15, 0.2) is 30.3 Å². The molecule has 4 rings (SSSR count). The average molecular weight is 528 g/mol. The summed E-state index contributed by atoms with van der Waals surface area (Å²) >= 11 is 0. The van der Waals surface area contributed by atoms with Crippen molar-refractivity contribution in [2.45, 2.75) is 71.5 Å². The van der Waals surface area contributed by atoms with Crippen molar-refractivity contribution in [2.24, 2.45) is 17.8 Å². The molecule has 8 nitrogen and oxygen atoms in total. The lowest BCUT2D eigenvalue weighted by Gasteiger charge is -2.39. The third kappa shape index (κ3) is 8.19. The molecule has 3 heterocycles. The summed E-state index contributed by atoms with van der Waals surface area (Å²) < 4.78 is 11.0. The van der Waals surface area contributed by atoms with Gasteiger partial charge < -0.3 is 24.2 Å². The lowest BCUT2D eigenvalue weighted by molar-refractivity contribution is -0.162. The van der Waals surface area contributed by atoms with Gasteiger partial charge in [-0.3, -0.25) is 9.59 Å². The molecule has 0 saturated carbocycles. The van der Waals surface area contributed by atoms with Crippen molar-refractivity contribution in [2.75, 3.05) is 45.8 Å². The fourth-order valence-electron chi connectivity index (χ4n) is 5.82. The van der Waals surface area contributed by atoms with Crippen molar-refractivity contribution >= 4 is 18.0 Å². The van der Waals surface area contributed by atoms with Gasteiger partial charge in [0.2, 0.25) is 5.91 Å². The highest BCUT2D eigenvalue weighted by Gasteiger charge is 2.35. The van der Waals surface area contributed by atoms with Gasteiger partial charge in [-0.15, -0.1) is 0 Å². The Morgan fingerprint density at radius 2 is 1.37 bits per heavy atom. The molecule has 8 heteroatoms. The monoisotopic (exact) mass is 527 g/mol. The molecule has 0 aliphatic carbocycles. The van der Waals surface area contributed by atoms with Crippen molar-refractivity contribution in [3.8, 4) is 0 Å². The molecule has 0 unspecified atom stereocenters. The number of ether oxygens (including phenoxy) is 2. The van der Waals surface area contributed by atoms with E-state index < -0.39 is 5.60 Å². The van der Waals surface area contributed by atoms with E-state index in [1.54, 1.807) is 0 Å². The minimum atomic E-state index is -0.469. The molecular formula is C30H45N3O5. The average Bonchev–Trinajstić information content (AvgIpc) is 2.92. The Balaban J connectivity index is 1.11. The molecule has 0 bridgehead atoms. The van der Waals surface area contributed by atoms with Gasteiger partial charge in [-0.05, 0) is 83.9 Å². The summed E-state index contributed by atoms with van der Waals surface area (Å²) in [5, 5.41) is 0. The molecule has 3 fully saturated rings. The Morgan fingerprint density at radius 1 is 0.789 bits per heavy atom. The van der Waals surface area contributed by atoms with Gasteiger partial charge in [0, 0.05) is 38.6 Å². The highest BCUT2D eigenvalue weighted by molar-refractivity contribution is 5.79. The van der Waals surface area contributed by atoms with Crippen LogP contribution in [0, 0.1) is 17.8 Å². The van der Waals surface area contributed by atoms with Crippen LogP contribution in [0.3, 0.4) is 0 Å². The lowest BCUT2D eigenvalue weighted by Crippen LogP contribution is -2.47. The normalized spacial score (nSPS) is 20.8. The first-order chi connectivity index (χ1) is 18.2. The minimum absolute atomic E-state index is 0.0885. The van der Waals surface area contributed by atoms with Crippen molar-refractivity contribution in [3.05, 3.63) is 35.9 Å². The van der Waals surface area contributed by atoms with Gasteiger partial charge in [-0.1, -0.05) is 30.3 Å². The van der Waals surface area contributed by atoms with Crippen LogP contribution in [-0.4, -0.2) is 84.1 Å². The number of likely N-dealkylation sites (tertiary alicyclic amines) is 3. The standard InChI is InChI=1S/C30H45N3O5/c1-30(2,3)38-28(35)26-13-19-32(20-14-26)27(34)25-11-15-31(16-12-25)21-23-9-17-33(18-10-23)29(36)37-22-24-7-5-4-6-8-24/h4-8,23,25-26H,9-22H2,1-3H3. The molecule has 1 aromatic rings. The largest absolute Gasteiger partial charge is 0.460 e. The van der Waals surface area contributed by atoms with E-state index in [0.29, 0.717) is 38.5 Å². The van der Waals surface area contributed by atoms with E-state index in [1.807, 2.05) is 60.9 Å². The van der Waals surface area contributed by atoms with Crippen LogP contribution in [0.5, 0.6) is 0 Å². The van der Waals surface area contributed by atoms with Gasteiger partial charge in [0.1, 0.15) is 12.2 Å². The number of amides is 2. The molecule has 210 valence electrons. The number of esters is 1. The van der Waals surface area contributed by atoms with E-state index in [1.165, 1.54) is 0 Å². The molecule has 3 aliphatic rings. The maximum Gasteiger partial charge on any atom is 0.410 e. The first-order valence-electron chi connectivity index (χ1n) is 14.4. The van der Waals surface area contributed by atoms with Crippen molar-refractivity contribution in [3.63, 3.8) is 0 Å². The molecule has 0 N–H and O–H groups in total. The van der Waals surface area contributed by atoms with E-state index in [4.69, 9.17) is 9.47 Å². The summed E-state index contributed by atoms with van der Waals surface area (Å²) in [5.74, 6) is 0.692. The molecule has 1 aromatic carbocycles. The Kier molecular flexibility index (Phi) is 9.69. The molecule has 0 atom stereocenters. The number of hydrogen-bond acceptors (Lipinski definition) is 6. The number of benzene rings is 1. The van der Waals surface area contributed by atoms with E-state index in [0.717, 1.165) is 64.0 Å². The second-order valence-electron chi connectivity index (χ2n) is 12.2. The maximum absolute atomic E-state index is 13.1. The maximum atomic E-state index is 13.1. The second-order valence-corrected chi connectivity index (χ2v) is 12.2. The predicted molar refractivity (Wildman–Crippen MR) is 145 cm³/mol. The van der Waals surface area contributed by atoms with E-state index >= 15 is 0 Å². The fraction of sp³-hybridized carbons (Fsp3) is 0.700. The van der Waals surface area contributed by atoms with E-state index in [2.05, 4.69) is 4.90 Å². The van der Waals surface area contributed by atoms with Crippen LogP contribution in [0.1, 0.15) is 64.9 Å². The van der Waals surface area contributed by atoms with Crippen LogP contribution >= 0.6 is 0 Å². The summed E-state index contributed by atoms with van der Waals surface area (Å²) in [6.07, 6.45) is 4.94. The smallest absolute Gasteiger partial charge is 0.410 e. The van der Waals surface area contributed by atoms with Crippen LogP contribution in [0.25, 0.3) is 0 Å². The minimum Gasteiger partial charge on any atom is -0.460 e. The first kappa shape index (κ1) is 28.4. The molecular weight excluding hydrogens is 482 g/mol. The molecule has 2 amide bonds. The number of carbonyl (C=O) groups excluding carboxylic acids is 3. The number of hydrogen-bond donors (Lipinski definition) is 0. The zero-order valence-corrected chi connectivity index (χ0v) is 23.4. The first-order valence-corrected chi connectivity index (χ1v) is 14.4. The van der Waals surface area contributed by atoms with Crippen molar-refractivity contribution in [1.29, 1.82) is 0 Å². The molecule has 38 heavy (non-hydrogen) atoms. The summed E-state index contributed by atoms with van der Waals surface area (Å²) in [4.78, 5) is 44.2. The lowest BCUT2D eigenvalue weighted by atomic mass is 9.90. The summed E-state index contributed by atoms with van der Waals surface area (Å²) in [6.45, 7) is 11.7. The number of piperidine rings is 3. The zero-order valence-electron chi connectivity index (χ0n) is 23.4. The molecule has 0 spiro atoms. The Hall–Kier alpha value is -2.61. The number of carbonyl (C=O) groups is 3. The predicted octanol–water partition coefficient (Wildman–Crippen LogP) is 4.33. The van der Waals surface area contributed by atoms with Gasteiger partial charge in [-0.25, -0.2) is 4.79 Å². The topological polar surface area (TPSA) is 79.4 Å². The summed E-state index contributed by atoms with van der Waals surface area (Å²) in [6, 6.07) is 9.78. The molecule has 3 saturated heterocycles. The van der Waals surface area contributed by atoms with Crippen LogP contribution in [0.4, 0.5) is 4.79 Å². The number of nitrogens with zero attached hydrogens (tertiary/aromatic N) is 3. The van der Waals surface area contributed by atoms with Crippen molar-refractivity contribution < 1.29 is 23.9 Å². The highest BCUT2D eigenvalue weighted by Crippen LogP contribution is 2.27. The Morgan fingerprint density at radius 3 is 1.97 bits per heavy atom. The summed E-state index contributed by atoms with van der Waals surface area (Å²) in [7, 11) is 0. The molecule has 0 aromatic heterocycles. The third-order valence-electron chi connectivity index (χ3n) is 8.08. The van der Waals surface area contributed by atoms with Gasteiger partial charge in [-0.2, -0.15) is 0 Å². The second kappa shape index (κ2) is 13.0. The van der Waals surface area contributed by atoms with Gasteiger partial charge >= 0.3 is 12.1 Å². The van der Waals surface area contributed by atoms with Gasteiger partial charge in [0.05, 0.1) is 5.92 Å². The number of rotatable bonds is 6. The van der Waals surface area contributed by atoms with Gasteiger partial charge in [0.25, 0.3) is 0 Å². The van der Waals surface area contributed by atoms with Crippen molar-refractivity contribution in [1.82, 2.24) is 14.7 Å². The Bertz CT molecular complexity index is 923. The molecule has 0 radical (unpaired) electrons. The third-order valence-corrected chi connectivity index (χ3v) is 8.08. The SMILES string of the molecule is CC(C)(C)OC(=O)C1CCN(C(=O)C2CCN(CC3CCN(C(=O)OCc4ccccc4)CC3)CC2)CC1. The van der Waals surface area contributed by atoms with E-state index in [9.17, 15) is 14.4 Å². The van der Waals surface area contributed by atoms with Crippen LogP contribution in [0.2, 0.25) is 0 Å².